The number of rotatable bonds is 16. The number of carbonyl (C=O) groups is 2. The fourth-order valence-corrected chi connectivity index (χ4v) is 8.36. The minimum atomic E-state index is -0.911. The molecule has 1 aliphatic rings. The van der Waals surface area contributed by atoms with Crippen molar-refractivity contribution in [3.8, 4) is 22.5 Å². The van der Waals surface area contributed by atoms with Crippen LogP contribution >= 0.6 is 0 Å². The Labute approximate surface area is 363 Å². The van der Waals surface area contributed by atoms with E-state index in [0.29, 0.717) is 25.5 Å². The van der Waals surface area contributed by atoms with Crippen molar-refractivity contribution in [2.75, 3.05) is 13.2 Å². The van der Waals surface area contributed by atoms with E-state index in [1.54, 1.807) is 9.70 Å². The van der Waals surface area contributed by atoms with E-state index in [-0.39, 0.29) is 31.4 Å². The Bertz CT molecular complexity index is 2450. The molecule has 8 rings (SSSR count). The van der Waals surface area contributed by atoms with Gasteiger partial charge in [0.1, 0.15) is 12.6 Å². The largest absolute Gasteiger partial charge is 0.459 e. The number of carbonyl (C=O) groups excluding carboxylic acids is 2. The van der Waals surface area contributed by atoms with Gasteiger partial charge in [0.25, 0.3) is 0 Å². The maximum absolute atomic E-state index is 14.2. The highest BCUT2D eigenvalue weighted by Crippen LogP contribution is 2.40. The van der Waals surface area contributed by atoms with Gasteiger partial charge in [-0.2, -0.15) is 0 Å². The number of hydrogen-bond acceptors (Lipinski definition) is 8. The van der Waals surface area contributed by atoms with Gasteiger partial charge in [-0.3, -0.25) is 4.79 Å². The maximum Gasteiger partial charge on any atom is 0.329 e. The molecular weight excluding hydrogens is 775 g/mol. The molecule has 2 heterocycles. The predicted molar refractivity (Wildman–Crippen MR) is 238 cm³/mol. The van der Waals surface area contributed by atoms with Crippen LogP contribution in [0.2, 0.25) is 0 Å². The van der Waals surface area contributed by atoms with Gasteiger partial charge in [0.15, 0.2) is 11.3 Å². The molecule has 1 atom stereocenters. The normalized spacial score (nSPS) is 14.1. The molecule has 0 saturated carbocycles. The first kappa shape index (κ1) is 42.0. The van der Waals surface area contributed by atoms with Crippen molar-refractivity contribution < 1.29 is 23.8 Å². The number of nitrogens with zero attached hydrogens (tertiary/aromatic N) is 5. The molecule has 1 unspecified atom stereocenters. The van der Waals surface area contributed by atoms with Gasteiger partial charge in [-0.15, -0.1) is 15.0 Å². The van der Waals surface area contributed by atoms with E-state index < -0.39 is 23.3 Å². The third-order valence-corrected chi connectivity index (χ3v) is 11.5. The second kappa shape index (κ2) is 18.9. The van der Waals surface area contributed by atoms with Crippen LogP contribution < -0.4 is 0 Å². The summed E-state index contributed by atoms with van der Waals surface area (Å²) in [4.78, 5) is 31.4. The maximum atomic E-state index is 14.2. The first-order valence-corrected chi connectivity index (χ1v) is 21.2. The zero-order valence-corrected chi connectivity index (χ0v) is 35.3. The molecule has 1 fully saturated rings. The molecule has 10 nitrogen and oxygen atoms in total. The van der Waals surface area contributed by atoms with E-state index in [1.807, 2.05) is 154 Å². The number of amides is 1. The Hall–Kier alpha value is -6.75. The molecule has 6 aromatic carbocycles. The van der Waals surface area contributed by atoms with Crippen molar-refractivity contribution >= 4 is 11.9 Å². The topological polar surface area (TPSA) is 109 Å². The van der Waals surface area contributed by atoms with E-state index in [9.17, 15) is 9.59 Å². The number of tetrazole rings is 1. The van der Waals surface area contributed by atoms with Crippen molar-refractivity contribution in [1.29, 1.82) is 0 Å². The van der Waals surface area contributed by atoms with Crippen molar-refractivity contribution in [2.24, 2.45) is 5.92 Å². The smallest absolute Gasteiger partial charge is 0.329 e. The van der Waals surface area contributed by atoms with Crippen molar-refractivity contribution in [3.05, 3.63) is 198 Å². The molecule has 1 aliphatic heterocycles. The zero-order valence-electron chi connectivity index (χ0n) is 35.3. The van der Waals surface area contributed by atoms with E-state index in [0.717, 1.165) is 44.5 Å². The second-order valence-electron chi connectivity index (χ2n) is 16.1. The highest BCUT2D eigenvalue weighted by Gasteiger charge is 2.41. The van der Waals surface area contributed by atoms with Gasteiger partial charge in [-0.1, -0.05) is 184 Å². The molecule has 0 bridgehead atoms. The number of benzene rings is 6. The Morgan fingerprint density at radius 1 is 0.694 bits per heavy atom. The molecule has 0 radical (unpaired) electrons. The first-order chi connectivity index (χ1) is 30.2. The number of aromatic nitrogens is 4. The Morgan fingerprint density at radius 2 is 1.21 bits per heavy atom. The minimum Gasteiger partial charge on any atom is -0.459 e. The summed E-state index contributed by atoms with van der Waals surface area (Å²) in [5.41, 5.74) is 6.49. The average Bonchev–Trinajstić information content (AvgIpc) is 3.99. The zero-order chi connectivity index (χ0) is 42.9. The Kier molecular flexibility index (Phi) is 12.8. The Morgan fingerprint density at radius 3 is 1.76 bits per heavy atom. The van der Waals surface area contributed by atoms with E-state index in [2.05, 4.69) is 36.4 Å². The summed E-state index contributed by atoms with van der Waals surface area (Å²) in [5.74, 6) is -1.20. The van der Waals surface area contributed by atoms with Crippen LogP contribution in [0.3, 0.4) is 0 Å². The summed E-state index contributed by atoms with van der Waals surface area (Å²) >= 11 is 0. The minimum absolute atomic E-state index is 0.118. The lowest BCUT2D eigenvalue weighted by atomic mass is 9.77. The van der Waals surface area contributed by atoms with Crippen molar-refractivity contribution in [1.82, 2.24) is 25.1 Å². The van der Waals surface area contributed by atoms with Crippen LogP contribution in [0, 0.1) is 5.92 Å². The fraction of sp³-hybridized carbons (Fsp3) is 0.250. The van der Waals surface area contributed by atoms with E-state index in [1.165, 1.54) is 0 Å². The van der Waals surface area contributed by atoms with Crippen LogP contribution in [0.4, 0.5) is 0 Å². The molecular formula is C52H51N5O5. The van der Waals surface area contributed by atoms with Crippen LogP contribution in [0.25, 0.3) is 22.5 Å². The van der Waals surface area contributed by atoms with Gasteiger partial charge < -0.3 is 19.1 Å². The van der Waals surface area contributed by atoms with Gasteiger partial charge in [-0.05, 0) is 57.0 Å². The summed E-state index contributed by atoms with van der Waals surface area (Å²) in [6, 6.07) is 55.6. The number of esters is 1. The van der Waals surface area contributed by atoms with E-state index in [4.69, 9.17) is 29.6 Å². The lowest BCUT2D eigenvalue weighted by molar-refractivity contribution is -0.163. The van der Waals surface area contributed by atoms with Crippen LogP contribution in [0.15, 0.2) is 170 Å². The van der Waals surface area contributed by atoms with Crippen LogP contribution in [0.1, 0.15) is 61.4 Å². The first-order valence-electron chi connectivity index (χ1n) is 21.2. The molecule has 1 amide bonds. The predicted octanol–water partition coefficient (Wildman–Crippen LogP) is 9.49. The fourth-order valence-electron chi connectivity index (χ4n) is 8.36. The van der Waals surface area contributed by atoms with Crippen LogP contribution in [-0.4, -0.2) is 62.0 Å². The molecule has 7 aromatic rings. The summed E-state index contributed by atoms with van der Waals surface area (Å²) in [5, 5.41) is 14.7. The van der Waals surface area contributed by atoms with Gasteiger partial charge >= 0.3 is 5.97 Å². The molecule has 1 aromatic heterocycles. The third kappa shape index (κ3) is 8.98. The molecule has 0 N–H and O–H groups in total. The standard InChI is InChI=1S/C52H51N5O5/c1-38(2)48(50(59)60-37-40-18-8-4-9-19-40)56(47(58)32-33-51(3)61-34-35-62-51)36-39-28-30-41(31-29-39)45-26-16-17-27-46(45)49-53-55-57(54-49)52(42-20-10-5-11-21-42,43-22-12-6-13-23-43)44-24-14-7-15-25-44/h4-31,38,48H,32-37H2,1-3H3. The molecule has 314 valence electrons. The molecule has 0 aliphatic carbocycles. The highest BCUT2D eigenvalue weighted by atomic mass is 16.7. The number of hydrogen-bond donors (Lipinski definition) is 0. The van der Waals surface area contributed by atoms with Gasteiger partial charge in [0.2, 0.25) is 11.7 Å². The van der Waals surface area contributed by atoms with Gasteiger partial charge in [-0.25, -0.2) is 4.79 Å². The lowest BCUT2D eigenvalue weighted by Crippen LogP contribution is -2.48. The van der Waals surface area contributed by atoms with Gasteiger partial charge in [0, 0.05) is 24.9 Å². The Balaban J connectivity index is 1.10. The highest BCUT2D eigenvalue weighted by molar-refractivity contribution is 5.85. The van der Waals surface area contributed by atoms with E-state index >= 15 is 0 Å². The molecule has 62 heavy (non-hydrogen) atoms. The molecule has 1 saturated heterocycles. The van der Waals surface area contributed by atoms with Gasteiger partial charge in [0.05, 0.1) is 13.2 Å². The van der Waals surface area contributed by atoms with Crippen LogP contribution in [-0.2, 0) is 42.5 Å². The third-order valence-electron chi connectivity index (χ3n) is 11.5. The van der Waals surface area contributed by atoms with Crippen LogP contribution in [0.5, 0.6) is 0 Å². The molecule has 0 spiro atoms. The summed E-state index contributed by atoms with van der Waals surface area (Å²) in [6.07, 6.45) is 0.509. The second-order valence-corrected chi connectivity index (χ2v) is 16.1. The van der Waals surface area contributed by atoms with Crippen molar-refractivity contribution in [3.63, 3.8) is 0 Å². The summed E-state index contributed by atoms with van der Waals surface area (Å²) in [6.45, 7) is 7.01. The molecule has 10 heteroatoms. The average molecular weight is 826 g/mol. The quantitative estimate of drug-likeness (QED) is 0.0701. The van der Waals surface area contributed by atoms with Crippen molar-refractivity contribution in [2.45, 2.75) is 64.1 Å². The monoisotopic (exact) mass is 825 g/mol. The lowest BCUT2D eigenvalue weighted by Gasteiger charge is -2.34. The summed E-state index contributed by atoms with van der Waals surface area (Å²) < 4.78 is 17.5. The summed E-state index contributed by atoms with van der Waals surface area (Å²) in [7, 11) is 0. The SMILES string of the molecule is CC(C)C(C(=O)OCc1ccccc1)N(Cc1ccc(-c2ccccc2-c2nnn(C(c3ccccc3)(c3ccccc3)c3ccccc3)n2)cc1)C(=O)CCC1(C)OCCO1. The number of ether oxygens (including phenoxy) is 3.